The molecule has 0 aliphatic rings. The van der Waals surface area contributed by atoms with E-state index >= 15 is 0 Å². The van der Waals surface area contributed by atoms with Crippen LogP contribution < -0.4 is 5.32 Å². The van der Waals surface area contributed by atoms with E-state index in [9.17, 15) is 9.59 Å². The molecule has 1 N–H and O–H groups in total. The number of hydrogen-bond acceptors (Lipinski definition) is 8. The van der Waals surface area contributed by atoms with Gasteiger partial charge in [0.15, 0.2) is 11.0 Å². The number of carbonyl (C=O) groups excluding carboxylic acids is 2. The van der Waals surface area contributed by atoms with Crippen LogP contribution in [0.4, 0.5) is 5.69 Å². The van der Waals surface area contributed by atoms with E-state index in [0.717, 1.165) is 10.7 Å². The van der Waals surface area contributed by atoms with Crippen LogP contribution in [0.2, 0.25) is 0 Å². The van der Waals surface area contributed by atoms with Crippen LogP contribution in [0.25, 0.3) is 10.7 Å². The highest BCUT2D eigenvalue weighted by molar-refractivity contribution is 7.99. The Morgan fingerprint density at radius 1 is 1.27 bits per heavy atom. The van der Waals surface area contributed by atoms with Crippen molar-refractivity contribution in [2.45, 2.75) is 18.6 Å². The summed E-state index contributed by atoms with van der Waals surface area (Å²) in [5.74, 6) is 0.284. The Bertz CT molecular complexity index is 902. The molecule has 3 heterocycles. The number of hydrogen-bond donors (Lipinski definition) is 1. The summed E-state index contributed by atoms with van der Waals surface area (Å²) in [6.45, 7) is 2.72. The molecule has 0 saturated heterocycles. The Balaban J connectivity index is 1.65. The summed E-state index contributed by atoms with van der Waals surface area (Å²) in [5.41, 5.74) is 0.462. The predicted octanol–water partition coefficient (Wildman–Crippen LogP) is 3.61. The summed E-state index contributed by atoms with van der Waals surface area (Å²) >= 11 is 4.13. The highest BCUT2D eigenvalue weighted by Gasteiger charge is 2.18. The van der Waals surface area contributed by atoms with Gasteiger partial charge >= 0.3 is 5.97 Å². The van der Waals surface area contributed by atoms with E-state index in [0.29, 0.717) is 22.3 Å². The van der Waals surface area contributed by atoms with Crippen LogP contribution in [-0.2, 0) is 16.1 Å². The lowest BCUT2D eigenvalue weighted by Gasteiger charge is -2.07. The van der Waals surface area contributed by atoms with Gasteiger partial charge in [0.05, 0.1) is 23.4 Å². The Morgan fingerprint density at radius 3 is 2.81 bits per heavy atom. The van der Waals surface area contributed by atoms with Gasteiger partial charge in [-0.1, -0.05) is 17.8 Å². The standard InChI is InChI=1S/C16H16N4O3S3/c1-3-20-14(11-5-4-7-24-11)18-19-16(20)26-9-12(21)17-10-6-8-25-13(10)15(22)23-2/h4-8H,3,9H2,1-2H3,(H,17,21). The maximum absolute atomic E-state index is 12.2. The molecule has 3 aromatic rings. The summed E-state index contributed by atoms with van der Waals surface area (Å²) in [5, 5.41) is 15.6. The molecule has 0 atom stereocenters. The number of aromatic nitrogens is 3. The molecule has 0 bridgehead atoms. The second-order valence-electron chi connectivity index (χ2n) is 5.02. The van der Waals surface area contributed by atoms with Crippen molar-refractivity contribution in [1.29, 1.82) is 0 Å². The van der Waals surface area contributed by atoms with Crippen LogP contribution in [0.5, 0.6) is 0 Å². The quantitative estimate of drug-likeness (QED) is 0.475. The molecular weight excluding hydrogens is 392 g/mol. The van der Waals surface area contributed by atoms with E-state index < -0.39 is 5.97 Å². The Labute approximate surface area is 162 Å². The molecule has 10 heteroatoms. The summed E-state index contributed by atoms with van der Waals surface area (Å²) in [6.07, 6.45) is 0. The predicted molar refractivity (Wildman–Crippen MR) is 104 cm³/mol. The highest BCUT2D eigenvalue weighted by atomic mass is 32.2. The van der Waals surface area contributed by atoms with Gasteiger partial charge in [-0.05, 0) is 29.8 Å². The van der Waals surface area contributed by atoms with E-state index in [1.54, 1.807) is 22.8 Å². The van der Waals surface area contributed by atoms with Crippen LogP contribution in [0.1, 0.15) is 16.6 Å². The summed E-state index contributed by atoms with van der Waals surface area (Å²) in [7, 11) is 1.31. The number of anilines is 1. The van der Waals surface area contributed by atoms with Gasteiger partial charge in [0.2, 0.25) is 5.91 Å². The molecular formula is C16H16N4O3S3. The molecule has 3 rings (SSSR count). The van der Waals surface area contributed by atoms with Crippen molar-refractivity contribution in [2.24, 2.45) is 0 Å². The highest BCUT2D eigenvalue weighted by Crippen LogP contribution is 2.28. The van der Waals surface area contributed by atoms with Crippen molar-refractivity contribution >= 4 is 52.0 Å². The van der Waals surface area contributed by atoms with Crippen molar-refractivity contribution in [2.75, 3.05) is 18.2 Å². The molecule has 0 aromatic carbocycles. The van der Waals surface area contributed by atoms with Crippen LogP contribution in [-0.4, -0.2) is 39.5 Å². The number of esters is 1. The molecule has 0 radical (unpaired) electrons. The maximum atomic E-state index is 12.2. The van der Waals surface area contributed by atoms with Crippen LogP contribution >= 0.6 is 34.4 Å². The van der Waals surface area contributed by atoms with Crippen LogP contribution in [0.15, 0.2) is 34.1 Å². The lowest BCUT2D eigenvalue weighted by Crippen LogP contribution is -2.16. The molecule has 1 amide bonds. The van der Waals surface area contributed by atoms with Crippen molar-refractivity contribution in [3.63, 3.8) is 0 Å². The van der Waals surface area contributed by atoms with Gasteiger partial charge in [-0.25, -0.2) is 4.79 Å². The average Bonchev–Trinajstić information content (AvgIpc) is 3.38. The number of rotatable bonds is 7. The second-order valence-corrected chi connectivity index (χ2v) is 7.83. The summed E-state index contributed by atoms with van der Waals surface area (Å²) < 4.78 is 6.69. The first-order valence-corrected chi connectivity index (χ1v) is 10.4. The fourth-order valence-electron chi connectivity index (χ4n) is 2.24. The van der Waals surface area contributed by atoms with E-state index in [4.69, 9.17) is 4.74 Å². The summed E-state index contributed by atoms with van der Waals surface area (Å²) in [6, 6.07) is 5.64. The molecule has 0 fully saturated rings. The van der Waals surface area contributed by atoms with Crippen molar-refractivity contribution in [1.82, 2.24) is 14.8 Å². The molecule has 26 heavy (non-hydrogen) atoms. The molecule has 0 unspecified atom stereocenters. The number of thioether (sulfide) groups is 1. The minimum Gasteiger partial charge on any atom is -0.465 e. The van der Waals surface area contributed by atoms with Gasteiger partial charge in [-0.3, -0.25) is 4.79 Å². The number of ether oxygens (including phenoxy) is 1. The van der Waals surface area contributed by atoms with E-state index in [1.165, 1.54) is 30.2 Å². The monoisotopic (exact) mass is 408 g/mol. The fraction of sp³-hybridized carbons (Fsp3) is 0.250. The van der Waals surface area contributed by atoms with E-state index in [2.05, 4.69) is 15.5 Å². The Kier molecular flexibility index (Phi) is 6.07. The van der Waals surface area contributed by atoms with E-state index in [-0.39, 0.29) is 11.7 Å². The third-order valence-corrected chi connectivity index (χ3v) is 6.14. The third kappa shape index (κ3) is 3.97. The minimum atomic E-state index is -0.464. The number of thiophene rings is 2. The van der Waals surface area contributed by atoms with Gasteiger partial charge in [-0.15, -0.1) is 32.9 Å². The zero-order chi connectivity index (χ0) is 18.5. The van der Waals surface area contributed by atoms with Gasteiger partial charge in [0.1, 0.15) is 4.88 Å². The Hall–Kier alpha value is -2.17. The molecule has 136 valence electrons. The largest absolute Gasteiger partial charge is 0.465 e. The molecule has 0 spiro atoms. The molecule has 0 aliphatic carbocycles. The first-order valence-electron chi connectivity index (χ1n) is 7.69. The molecule has 0 saturated carbocycles. The normalized spacial score (nSPS) is 10.7. The smallest absolute Gasteiger partial charge is 0.350 e. The summed E-state index contributed by atoms with van der Waals surface area (Å²) in [4.78, 5) is 25.3. The molecule has 7 nitrogen and oxygen atoms in total. The fourth-order valence-corrected chi connectivity index (χ4v) is 4.53. The van der Waals surface area contributed by atoms with Crippen molar-refractivity contribution in [3.05, 3.63) is 33.8 Å². The third-order valence-electron chi connectivity index (χ3n) is 3.42. The first-order chi connectivity index (χ1) is 12.6. The lowest BCUT2D eigenvalue weighted by atomic mass is 10.4. The maximum Gasteiger partial charge on any atom is 0.350 e. The number of amides is 1. The topological polar surface area (TPSA) is 86.1 Å². The van der Waals surface area contributed by atoms with Crippen LogP contribution in [0, 0.1) is 0 Å². The van der Waals surface area contributed by atoms with Gasteiger partial charge in [0.25, 0.3) is 0 Å². The second kappa shape index (κ2) is 8.47. The van der Waals surface area contributed by atoms with Crippen molar-refractivity contribution in [3.8, 4) is 10.7 Å². The van der Waals surface area contributed by atoms with Crippen LogP contribution in [0.3, 0.4) is 0 Å². The van der Waals surface area contributed by atoms with Gasteiger partial charge in [-0.2, -0.15) is 0 Å². The molecule has 3 aromatic heterocycles. The number of nitrogens with zero attached hydrogens (tertiary/aromatic N) is 3. The molecule has 0 aliphatic heterocycles. The number of carbonyl (C=O) groups is 2. The SMILES string of the molecule is CCn1c(SCC(=O)Nc2ccsc2C(=O)OC)nnc1-c1cccs1. The van der Waals surface area contributed by atoms with Gasteiger partial charge < -0.3 is 14.6 Å². The number of methoxy groups -OCH3 is 1. The number of nitrogens with one attached hydrogen (secondary N) is 1. The zero-order valence-electron chi connectivity index (χ0n) is 14.1. The lowest BCUT2D eigenvalue weighted by molar-refractivity contribution is -0.113. The zero-order valence-corrected chi connectivity index (χ0v) is 16.5. The Morgan fingerprint density at radius 2 is 2.12 bits per heavy atom. The first kappa shape index (κ1) is 18.6. The minimum absolute atomic E-state index is 0.166. The van der Waals surface area contributed by atoms with Crippen molar-refractivity contribution < 1.29 is 14.3 Å². The van der Waals surface area contributed by atoms with Gasteiger partial charge in [0, 0.05) is 6.54 Å². The van der Waals surface area contributed by atoms with E-state index in [1.807, 2.05) is 29.0 Å². The average molecular weight is 409 g/mol.